The minimum Gasteiger partial charge on any atom is -0.369 e. The van der Waals surface area contributed by atoms with E-state index in [9.17, 15) is 13.2 Å². The molecule has 0 aliphatic carbocycles. The SMILES string of the molecule is Cc1cc(S(=O)(=O)N2CCC(C)(C(N)=O)C2)sc1Br. The molecular formula is C11H15BrN2O3S2. The fourth-order valence-electron chi connectivity index (χ4n) is 2.01. The molecule has 1 atom stereocenters. The summed E-state index contributed by atoms with van der Waals surface area (Å²) in [6.45, 7) is 4.03. The van der Waals surface area contributed by atoms with E-state index in [4.69, 9.17) is 5.73 Å². The molecule has 0 spiro atoms. The number of rotatable bonds is 3. The van der Waals surface area contributed by atoms with E-state index < -0.39 is 21.3 Å². The summed E-state index contributed by atoms with van der Waals surface area (Å²) in [5.41, 5.74) is 5.46. The summed E-state index contributed by atoms with van der Waals surface area (Å²) >= 11 is 4.51. The first-order chi connectivity index (χ1) is 8.67. The van der Waals surface area contributed by atoms with Crippen molar-refractivity contribution in [2.75, 3.05) is 13.1 Å². The van der Waals surface area contributed by atoms with E-state index in [0.29, 0.717) is 17.2 Å². The van der Waals surface area contributed by atoms with E-state index in [1.807, 2.05) is 6.92 Å². The standard InChI is InChI=1S/C11H15BrN2O3S2/c1-7-5-8(18-9(7)12)19(16,17)14-4-3-11(2,6-14)10(13)15/h5H,3-4,6H2,1-2H3,(H2,13,15). The number of amides is 1. The minimum atomic E-state index is -3.53. The van der Waals surface area contributed by atoms with Crippen LogP contribution in [0.25, 0.3) is 0 Å². The molecule has 0 radical (unpaired) electrons. The van der Waals surface area contributed by atoms with E-state index in [-0.39, 0.29) is 6.54 Å². The number of carbonyl (C=O) groups excluding carboxylic acids is 1. The van der Waals surface area contributed by atoms with Crippen LogP contribution in [0.4, 0.5) is 0 Å². The second-order valence-electron chi connectivity index (χ2n) is 5.04. The maximum Gasteiger partial charge on any atom is 0.252 e. The first kappa shape index (κ1) is 15.0. The van der Waals surface area contributed by atoms with Crippen LogP contribution < -0.4 is 5.73 Å². The van der Waals surface area contributed by atoms with Crippen LogP contribution in [0.5, 0.6) is 0 Å². The van der Waals surface area contributed by atoms with Gasteiger partial charge in [0, 0.05) is 13.1 Å². The molecule has 106 valence electrons. The average Bonchev–Trinajstić information content (AvgIpc) is 2.86. The van der Waals surface area contributed by atoms with Gasteiger partial charge in [-0.1, -0.05) is 0 Å². The molecule has 1 aliphatic heterocycles. The predicted molar refractivity (Wildman–Crippen MR) is 77.4 cm³/mol. The number of nitrogens with zero attached hydrogens (tertiary/aromatic N) is 1. The third-order valence-electron chi connectivity index (χ3n) is 3.46. The Morgan fingerprint density at radius 3 is 2.63 bits per heavy atom. The monoisotopic (exact) mass is 366 g/mol. The molecule has 1 fully saturated rings. The number of aryl methyl sites for hydroxylation is 1. The Bertz CT molecular complexity index is 606. The highest BCUT2D eigenvalue weighted by atomic mass is 79.9. The average molecular weight is 367 g/mol. The second-order valence-corrected chi connectivity index (χ2v) is 9.57. The van der Waals surface area contributed by atoms with E-state index in [1.54, 1.807) is 13.0 Å². The predicted octanol–water partition coefficient (Wildman–Crippen LogP) is 1.71. The highest BCUT2D eigenvalue weighted by Crippen LogP contribution is 2.37. The van der Waals surface area contributed by atoms with Gasteiger partial charge in [-0.05, 0) is 47.8 Å². The smallest absolute Gasteiger partial charge is 0.252 e. The number of carbonyl (C=O) groups is 1. The van der Waals surface area contributed by atoms with Crippen molar-refractivity contribution in [3.63, 3.8) is 0 Å². The number of hydrogen-bond donors (Lipinski definition) is 1. The molecule has 1 aromatic heterocycles. The van der Waals surface area contributed by atoms with Crippen molar-refractivity contribution >= 4 is 43.2 Å². The van der Waals surface area contributed by atoms with Gasteiger partial charge < -0.3 is 5.73 Å². The zero-order chi connectivity index (χ0) is 14.4. The first-order valence-corrected chi connectivity index (χ1v) is 8.78. The number of thiophene rings is 1. The lowest BCUT2D eigenvalue weighted by atomic mass is 9.89. The molecule has 5 nitrogen and oxygen atoms in total. The van der Waals surface area contributed by atoms with Crippen LogP contribution in [-0.4, -0.2) is 31.7 Å². The molecule has 1 unspecified atom stereocenters. The lowest BCUT2D eigenvalue weighted by Crippen LogP contribution is -2.38. The number of halogens is 1. The quantitative estimate of drug-likeness (QED) is 0.883. The van der Waals surface area contributed by atoms with E-state index in [2.05, 4.69) is 15.9 Å². The van der Waals surface area contributed by atoms with Crippen molar-refractivity contribution in [1.29, 1.82) is 0 Å². The Morgan fingerprint density at radius 1 is 1.58 bits per heavy atom. The van der Waals surface area contributed by atoms with Crippen molar-refractivity contribution in [3.8, 4) is 0 Å². The van der Waals surface area contributed by atoms with Gasteiger partial charge in [0.05, 0.1) is 9.20 Å². The van der Waals surface area contributed by atoms with Crippen LogP contribution in [0.1, 0.15) is 18.9 Å². The number of hydrogen-bond acceptors (Lipinski definition) is 4. The molecule has 0 saturated carbocycles. The van der Waals surface area contributed by atoms with Crippen molar-refractivity contribution in [1.82, 2.24) is 4.31 Å². The van der Waals surface area contributed by atoms with Gasteiger partial charge in [-0.15, -0.1) is 11.3 Å². The zero-order valence-corrected chi connectivity index (χ0v) is 13.9. The van der Waals surface area contributed by atoms with E-state index >= 15 is 0 Å². The minimum absolute atomic E-state index is 0.152. The van der Waals surface area contributed by atoms with Crippen LogP contribution in [0.3, 0.4) is 0 Å². The molecule has 8 heteroatoms. The highest BCUT2D eigenvalue weighted by molar-refractivity contribution is 9.11. The van der Waals surface area contributed by atoms with Crippen LogP contribution in [0, 0.1) is 12.3 Å². The van der Waals surface area contributed by atoms with Crippen LogP contribution in [0.15, 0.2) is 14.1 Å². The highest BCUT2D eigenvalue weighted by Gasteiger charge is 2.44. The molecule has 0 bridgehead atoms. The van der Waals surface area contributed by atoms with Gasteiger partial charge in [0.2, 0.25) is 5.91 Å². The maximum atomic E-state index is 12.5. The van der Waals surface area contributed by atoms with E-state index in [1.165, 1.54) is 15.6 Å². The molecule has 0 aromatic carbocycles. The van der Waals surface area contributed by atoms with Crippen LogP contribution in [0.2, 0.25) is 0 Å². The number of nitrogens with two attached hydrogens (primary N) is 1. The Balaban J connectivity index is 2.30. The Kier molecular flexibility index (Phi) is 3.81. The Morgan fingerprint density at radius 2 is 2.21 bits per heavy atom. The summed E-state index contributed by atoms with van der Waals surface area (Å²) in [4.78, 5) is 11.4. The van der Waals surface area contributed by atoms with E-state index in [0.717, 1.165) is 9.35 Å². The first-order valence-electron chi connectivity index (χ1n) is 5.73. The topological polar surface area (TPSA) is 80.5 Å². The van der Waals surface area contributed by atoms with Crippen LogP contribution >= 0.6 is 27.3 Å². The van der Waals surface area contributed by atoms with Gasteiger partial charge in [-0.3, -0.25) is 4.79 Å². The molecule has 1 aliphatic rings. The summed E-state index contributed by atoms with van der Waals surface area (Å²) < 4.78 is 27.4. The Hall–Kier alpha value is -0.440. The maximum absolute atomic E-state index is 12.5. The lowest BCUT2D eigenvalue weighted by molar-refractivity contribution is -0.126. The summed E-state index contributed by atoms with van der Waals surface area (Å²) in [5, 5.41) is 0. The summed E-state index contributed by atoms with van der Waals surface area (Å²) in [7, 11) is -3.53. The molecule has 2 N–H and O–H groups in total. The van der Waals surface area contributed by atoms with Gasteiger partial charge in [-0.25, -0.2) is 8.42 Å². The fraction of sp³-hybridized carbons (Fsp3) is 0.545. The summed E-state index contributed by atoms with van der Waals surface area (Å²) in [6.07, 6.45) is 0.465. The van der Waals surface area contributed by atoms with Gasteiger partial charge in [-0.2, -0.15) is 4.31 Å². The molecule has 1 amide bonds. The van der Waals surface area contributed by atoms with Gasteiger partial charge >= 0.3 is 0 Å². The second kappa shape index (κ2) is 4.83. The zero-order valence-electron chi connectivity index (χ0n) is 10.6. The number of sulfonamides is 1. The number of primary amides is 1. The molecule has 19 heavy (non-hydrogen) atoms. The molecular weight excluding hydrogens is 352 g/mol. The van der Waals surface area contributed by atoms with Crippen molar-refractivity contribution < 1.29 is 13.2 Å². The normalized spacial score (nSPS) is 24.8. The molecule has 1 aromatic rings. The fourth-order valence-corrected chi connectivity index (χ4v) is 5.96. The van der Waals surface area contributed by atoms with Crippen LogP contribution in [-0.2, 0) is 14.8 Å². The molecule has 2 rings (SSSR count). The summed E-state index contributed by atoms with van der Waals surface area (Å²) in [5.74, 6) is -0.450. The molecule has 2 heterocycles. The largest absolute Gasteiger partial charge is 0.369 e. The van der Waals surface area contributed by atoms with Gasteiger partial charge in [0.25, 0.3) is 10.0 Å². The van der Waals surface area contributed by atoms with Crippen molar-refractivity contribution in [3.05, 3.63) is 15.4 Å². The molecule has 1 saturated heterocycles. The van der Waals surface area contributed by atoms with Gasteiger partial charge in [0.15, 0.2) is 0 Å². The lowest BCUT2D eigenvalue weighted by Gasteiger charge is -2.20. The Labute approximate surface area is 125 Å². The third kappa shape index (κ3) is 2.58. The van der Waals surface area contributed by atoms with Crippen molar-refractivity contribution in [2.45, 2.75) is 24.5 Å². The summed E-state index contributed by atoms with van der Waals surface area (Å²) in [6, 6.07) is 1.64. The van der Waals surface area contributed by atoms with Gasteiger partial charge in [0.1, 0.15) is 4.21 Å². The van der Waals surface area contributed by atoms with Crippen molar-refractivity contribution in [2.24, 2.45) is 11.1 Å². The third-order valence-corrected chi connectivity index (χ3v) is 7.89.